The molecule has 2 rings (SSSR count). The molecule has 0 aromatic heterocycles. The van der Waals surface area contributed by atoms with E-state index in [1.165, 1.54) is 11.8 Å². The molecule has 1 fully saturated rings. The van der Waals surface area contributed by atoms with Crippen molar-refractivity contribution in [2.24, 2.45) is 0 Å². The topological polar surface area (TPSA) is 46.5 Å². The van der Waals surface area contributed by atoms with Crippen LogP contribution in [0, 0.1) is 0 Å². The standard InChI is InChI=1S/C14H18O3S/c1-3-10-5-6-11(9-12(10)17-2)18-14(13(15)16)7-4-8-14/h5-6,9H,3-4,7-8H2,1-2H3,(H,15,16). The van der Waals surface area contributed by atoms with Crippen LogP contribution >= 0.6 is 11.8 Å². The quantitative estimate of drug-likeness (QED) is 0.887. The smallest absolute Gasteiger partial charge is 0.320 e. The van der Waals surface area contributed by atoms with E-state index >= 15 is 0 Å². The van der Waals surface area contributed by atoms with Crippen LogP contribution in [0.25, 0.3) is 0 Å². The average Bonchev–Trinajstić information content (AvgIpc) is 2.33. The molecule has 0 bridgehead atoms. The van der Waals surface area contributed by atoms with Gasteiger partial charge in [-0.15, -0.1) is 11.8 Å². The van der Waals surface area contributed by atoms with Crippen LogP contribution in [0.5, 0.6) is 5.75 Å². The highest BCUT2D eigenvalue weighted by atomic mass is 32.2. The zero-order valence-electron chi connectivity index (χ0n) is 10.7. The van der Waals surface area contributed by atoms with Gasteiger partial charge < -0.3 is 9.84 Å². The summed E-state index contributed by atoms with van der Waals surface area (Å²) in [6.45, 7) is 2.08. The fraction of sp³-hybridized carbons (Fsp3) is 0.500. The number of carbonyl (C=O) groups is 1. The number of methoxy groups -OCH3 is 1. The van der Waals surface area contributed by atoms with Crippen molar-refractivity contribution in [2.45, 2.75) is 42.2 Å². The first-order chi connectivity index (χ1) is 8.61. The van der Waals surface area contributed by atoms with Crippen molar-refractivity contribution in [1.29, 1.82) is 0 Å². The van der Waals surface area contributed by atoms with Crippen LogP contribution in [-0.2, 0) is 11.2 Å². The average molecular weight is 266 g/mol. The third kappa shape index (κ3) is 2.34. The first-order valence-corrected chi connectivity index (χ1v) is 7.02. The van der Waals surface area contributed by atoms with E-state index in [-0.39, 0.29) is 0 Å². The van der Waals surface area contributed by atoms with E-state index in [1.807, 2.05) is 18.2 Å². The Morgan fingerprint density at radius 3 is 2.67 bits per heavy atom. The Balaban J connectivity index is 2.21. The predicted octanol–water partition coefficient (Wildman–Crippen LogP) is 3.36. The summed E-state index contributed by atoms with van der Waals surface area (Å²) in [5, 5.41) is 9.32. The van der Waals surface area contributed by atoms with Gasteiger partial charge >= 0.3 is 5.97 Å². The molecule has 0 heterocycles. The van der Waals surface area contributed by atoms with Crippen LogP contribution in [-0.4, -0.2) is 22.9 Å². The number of thioether (sulfide) groups is 1. The zero-order valence-corrected chi connectivity index (χ0v) is 11.5. The third-order valence-electron chi connectivity index (χ3n) is 3.50. The number of carboxylic acids is 1. The van der Waals surface area contributed by atoms with Crippen LogP contribution in [0.4, 0.5) is 0 Å². The molecule has 3 nitrogen and oxygen atoms in total. The van der Waals surface area contributed by atoms with Crippen LogP contribution in [0.3, 0.4) is 0 Å². The lowest BCUT2D eigenvalue weighted by atomic mass is 9.84. The first kappa shape index (κ1) is 13.3. The molecular formula is C14H18O3S. The lowest BCUT2D eigenvalue weighted by Gasteiger charge is -2.36. The van der Waals surface area contributed by atoms with E-state index in [0.717, 1.165) is 41.9 Å². The highest BCUT2D eigenvalue weighted by molar-refractivity contribution is 8.01. The van der Waals surface area contributed by atoms with Gasteiger partial charge in [0.1, 0.15) is 10.5 Å². The van der Waals surface area contributed by atoms with Crippen LogP contribution in [0.15, 0.2) is 23.1 Å². The van der Waals surface area contributed by atoms with Crippen LogP contribution in [0.2, 0.25) is 0 Å². The molecule has 1 saturated carbocycles. The highest BCUT2D eigenvalue weighted by Gasteiger charge is 2.45. The Morgan fingerprint density at radius 2 is 2.22 bits per heavy atom. The molecule has 1 aliphatic carbocycles. The van der Waals surface area contributed by atoms with Crippen molar-refractivity contribution in [3.8, 4) is 5.75 Å². The second kappa shape index (κ2) is 5.22. The maximum absolute atomic E-state index is 11.3. The molecule has 0 unspecified atom stereocenters. The molecule has 0 atom stereocenters. The molecule has 0 radical (unpaired) electrons. The van der Waals surface area contributed by atoms with Crippen LogP contribution < -0.4 is 4.74 Å². The van der Waals surface area contributed by atoms with E-state index in [2.05, 4.69) is 6.92 Å². The number of carboxylic acid groups (broad SMARTS) is 1. The predicted molar refractivity (Wildman–Crippen MR) is 72.4 cm³/mol. The molecule has 18 heavy (non-hydrogen) atoms. The van der Waals surface area contributed by atoms with E-state index in [4.69, 9.17) is 4.74 Å². The monoisotopic (exact) mass is 266 g/mol. The molecule has 4 heteroatoms. The van der Waals surface area contributed by atoms with Crippen molar-refractivity contribution in [3.63, 3.8) is 0 Å². The Labute approximate surface area is 112 Å². The van der Waals surface area contributed by atoms with Gasteiger partial charge in [-0.3, -0.25) is 4.79 Å². The number of hydrogen-bond donors (Lipinski definition) is 1. The minimum atomic E-state index is -0.697. The van der Waals surface area contributed by atoms with E-state index in [0.29, 0.717) is 0 Å². The second-order valence-corrected chi connectivity index (χ2v) is 6.04. The summed E-state index contributed by atoms with van der Waals surface area (Å²) in [4.78, 5) is 12.3. The van der Waals surface area contributed by atoms with Crippen molar-refractivity contribution in [3.05, 3.63) is 23.8 Å². The lowest BCUT2D eigenvalue weighted by molar-refractivity contribution is -0.142. The van der Waals surface area contributed by atoms with Gasteiger partial charge in [-0.25, -0.2) is 0 Å². The molecule has 0 amide bonds. The number of aliphatic carboxylic acids is 1. The summed E-state index contributed by atoms with van der Waals surface area (Å²) in [6.07, 6.45) is 3.43. The fourth-order valence-electron chi connectivity index (χ4n) is 2.16. The van der Waals surface area contributed by atoms with Gasteiger partial charge in [0.15, 0.2) is 0 Å². The van der Waals surface area contributed by atoms with Crippen LogP contribution in [0.1, 0.15) is 31.7 Å². The summed E-state index contributed by atoms with van der Waals surface area (Å²) in [5.41, 5.74) is 1.15. The van der Waals surface area contributed by atoms with Gasteiger partial charge in [-0.1, -0.05) is 13.0 Å². The number of hydrogen-bond acceptors (Lipinski definition) is 3. The summed E-state index contributed by atoms with van der Waals surface area (Å²) >= 11 is 1.46. The Hall–Kier alpha value is -1.16. The van der Waals surface area contributed by atoms with Gasteiger partial charge in [0.25, 0.3) is 0 Å². The van der Waals surface area contributed by atoms with Crippen molar-refractivity contribution >= 4 is 17.7 Å². The van der Waals surface area contributed by atoms with Gasteiger partial charge in [0.2, 0.25) is 0 Å². The van der Waals surface area contributed by atoms with Gasteiger partial charge in [-0.05, 0) is 43.4 Å². The molecule has 98 valence electrons. The second-order valence-electron chi connectivity index (χ2n) is 4.58. The summed E-state index contributed by atoms with van der Waals surface area (Å²) < 4.78 is 4.73. The number of ether oxygens (including phenoxy) is 1. The normalized spacial score (nSPS) is 17.0. The van der Waals surface area contributed by atoms with Gasteiger partial charge in [-0.2, -0.15) is 0 Å². The maximum Gasteiger partial charge on any atom is 0.320 e. The molecule has 1 aromatic rings. The number of rotatable bonds is 5. The largest absolute Gasteiger partial charge is 0.496 e. The molecule has 0 spiro atoms. The number of aryl methyl sites for hydroxylation is 1. The Bertz CT molecular complexity index is 452. The summed E-state index contributed by atoms with van der Waals surface area (Å²) in [5.74, 6) is 0.152. The molecule has 1 aromatic carbocycles. The highest BCUT2D eigenvalue weighted by Crippen LogP contribution is 2.48. The number of benzene rings is 1. The summed E-state index contributed by atoms with van der Waals surface area (Å²) in [6, 6.07) is 5.97. The van der Waals surface area contributed by atoms with Crippen molar-refractivity contribution in [2.75, 3.05) is 7.11 Å². The minimum absolute atomic E-state index is 0.612. The fourth-order valence-corrected chi connectivity index (χ4v) is 3.50. The third-order valence-corrected chi connectivity index (χ3v) is 4.97. The Kier molecular flexibility index (Phi) is 3.85. The zero-order chi connectivity index (χ0) is 13.2. The van der Waals surface area contributed by atoms with E-state index in [9.17, 15) is 9.90 Å². The molecular weight excluding hydrogens is 248 g/mol. The van der Waals surface area contributed by atoms with E-state index < -0.39 is 10.7 Å². The molecule has 0 saturated heterocycles. The van der Waals surface area contributed by atoms with Gasteiger partial charge in [0, 0.05) is 4.90 Å². The first-order valence-electron chi connectivity index (χ1n) is 6.20. The molecule has 0 aliphatic heterocycles. The lowest BCUT2D eigenvalue weighted by Crippen LogP contribution is -2.41. The SMILES string of the molecule is CCc1ccc(SC2(C(=O)O)CCC2)cc1OC. The van der Waals surface area contributed by atoms with E-state index in [1.54, 1.807) is 7.11 Å². The van der Waals surface area contributed by atoms with Gasteiger partial charge in [0.05, 0.1) is 7.11 Å². The molecule has 1 N–H and O–H groups in total. The minimum Gasteiger partial charge on any atom is -0.496 e. The maximum atomic E-state index is 11.3. The van der Waals surface area contributed by atoms with Crippen molar-refractivity contribution in [1.82, 2.24) is 0 Å². The van der Waals surface area contributed by atoms with Crippen molar-refractivity contribution < 1.29 is 14.6 Å². The Morgan fingerprint density at radius 1 is 1.50 bits per heavy atom. The summed E-state index contributed by atoms with van der Waals surface area (Å²) in [7, 11) is 1.65. The molecule has 1 aliphatic rings.